The van der Waals surface area contributed by atoms with Gasteiger partial charge in [-0.05, 0) is 42.0 Å². The molecule has 0 amide bonds. The van der Waals surface area contributed by atoms with Gasteiger partial charge in [0.15, 0.2) is 11.6 Å². The van der Waals surface area contributed by atoms with Crippen molar-refractivity contribution in [1.29, 1.82) is 0 Å². The molecular weight excluding hydrogens is 322 g/mol. The summed E-state index contributed by atoms with van der Waals surface area (Å²) in [4.78, 5) is 8.21. The van der Waals surface area contributed by atoms with E-state index < -0.39 is 11.6 Å². The molecule has 0 N–H and O–H groups in total. The van der Waals surface area contributed by atoms with Crippen LogP contribution in [0.5, 0.6) is 11.8 Å². The molecule has 126 valence electrons. The standard InChI is InChI=1S/C20H16F2N2O/c21-17-8-9-19(18(22)10-17)25-20-23-11-16(12-24-20)15-6-4-14(5-7-15)13-2-1-3-13/h4-13H,1-3H2. The zero-order valence-electron chi connectivity index (χ0n) is 13.5. The van der Waals surface area contributed by atoms with E-state index in [2.05, 4.69) is 34.2 Å². The van der Waals surface area contributed by atoms with Crippen LogP contribution in [0.4, 0.5) is 8.78 Å². The Morgan fingerprint density at radius 2 is 1.60 bits per heavy atom. The third kappa shape index (κ3) is 3.36. The van der Waals surface area contributed by atoms with Gasteiger partial charge in [-0.1, -0.05) is 30.7 Å². The van der Waals surface area contributed by atoms with E-state index in [1.165, 1.54) is 30.9 Å². The molecule has 1 fully saturated rings. The Labute approximate surface area is 144 Å². The molecule has 3 aromatic rings. The van der Waals surface area contributed by atoms with Crippen molar-refractivity contribution < 1.29 is 13.5 Å². The number of halogens is 2. The first-order valence-electron chi connectivity index (χ1n) is 8.24. The highest BCUT2D eigenvalue weighted by atomic mass is 19.1. The van der Waals surface area contributed by atoms with Gasteiger partial charge in [-0.25, -0.2) is 18.7 Å². The lowest BCUT2D eigenvalue weighted by molar-refractivity contribution is 0.408. The number of hydrogen-bond acceptors (Lipinski definition) is 3. The molecule has 0 unspecified atom stereocenters. The zero-order valence-corrected chi connectivity index (χ0v) is 13.5. The lowest BCUT2D eigenvalue weighted by Gasteiger charge is -2.25. The first-order valence-corrected chi connectivity index (χ1v) is 8.24. The molecule has 1 aromatic heterocycles. The molecule has 0 atom stereocenters. The smallest absolute Gasteiger partial charge is 0.321 e. The SMILES string of the molecule is Fc1ccc(Oc2ncc(-c3ccc(C4CCC4)cc3)cn2)c(F)c1. The molecule has 0 saturated heterocycles. The minimum atomic E-state index is -0.792. The zero-order chi connectivity index (χ0) is 17.2. The first-order chi connectivity index (χ1) is 12.2. The number of aromatic nitrogens is 2. The molecule has 1 aliphatic rings. The molecule has 25 heavy (non-hydrogen) atoms. The molecule has 0 radical (unpaired) electrons. The summed E-state index contributed by atoms with van der Waals surface area (Å²) in [6.07, 6.45) is 7.11. The largest absolute Gasteiger partial charge is 0.421 e. The monoisotopic (exact) mass is 338 g/mol. The Hall–Kier alpha value is -2.82. The average molecular weight is 338 g/mol. The van der Waals surface area contributed by atoms with E-state index in [0.29, 0.717) is 5.92 Å². The maximum atomic E-state index is 13.6. The summed E-state index contributed by atoms with van der Waals surface area (Å²) < 4.78 is 31.8. The normalized spacial score (nSPS) is 14.2. The summed E-state index contributed by atoms with van der Waals surface area (Å²) in [5.74, 6) is -0.864. The average Bonchev–Trinajstić information content (AvgIpc) is 2.57. The third-order valence-corrected chi connectivity index (χ3v) is 4.54. The molecule has 0 spiro atoms. The minimum Gasteiger partial charge on any atom is -0.421 e. The molecule has 0 aliphatic heterocycles. The third-order valence-electron chi connectivity index (χ3n) is 4.54. The Morgan fingerprint density at radius 1 is 0.880 bits per heavy atom. The van der Waals surface area contributed by atoms with Crippen LogP contribution in [0.2, 0.25) is 0 Å². The van der Waals surface area contributed by atoms with E-state index in [4.69, 9.17) is 4.74 Å². The Kier molecular flexibility index (Phi) is 4.14. The predicted molar refractivity (Wildman–Crippen MR) is 90.5 cm³/mol. The fourth-order valence-electron chi connectivity index (χ4n) is 2.86. The van der Waals surface area contributed by atoms with Gasteiger partial charge in [-0.15, -0.1) is 0 Å². The van der Waals surface area contributed by atoms with Crippen molar-refractivity contribution >= 4 is 0 Å². The molecule has 0 bridgehead atoms. The molecule has 4 rings (SSSR count). The summed E-state index contributed by atoms with van der Waals surface area (Å²) in [6.45, 7) is 0. The quantitative estimate of drug-likeness (QED) is 0.632. The summed E-state index contributed by atoms with van der Waals surface area (Å²) in [5.41, 5.74) is 3.25. The van der Waals surface area contributed by atoms with E-state index in [0.717, 1.165) is 23.3 Å². The number of hydrogen-bond donors (Lipinski definition) is 0. The van der Waals surface area contributed by atoms with Crippen LogP contribution in [0, 0.1) is 11.6 Å². The minimum absolute atomic E-state index is 0.0142. The molecule has 2 aromatic carbocycles. The van der Waals surface area contributed by atoms with Gasteiger partial charge < -0.3 is 4.74 Å². The maximum Gasteiger partial charge on any atom is 0.321 e. The molecule has 3 nitrogen and oxygen atoms in total. The molecule has 1 aliphatic carbocycles. The van der Waals surface area contributed by atoms with Crippen LogP contribution in [-0.2, 0) is 0 Å². The van der Waals surface area contributed by atoms with Gasteiger partial charge in [-0.3, -0.25) is 0 Å². The molecule has 1 saturated carbocycles. The highest BCUT2D eigenvalue weighted by Crippen LogP contribution is 2.36. The van der Waals surface area contributed by atoms with Crippen molar-refractivity contribution in [2.45, 2.75) is 25.2 Å². The number of rotatable bonds is 4. The summed E-state index contributed by atoms with van der Waals surface area (Å²) in [6, 6.07) is 11.5. The van der Waals surface area contributed by atoms with Crippen molar-refractivity contribution in [1.82, 2.24) is 9.97 Å². The van der Waals surface area contributed by atoms with E-state index in [1.807, 2.05) is 0 Å². The predicted octanol–water partition coefficient (Wildman–Crippen LogP) is 5.48. The Balaban J connectivity index is 1.49. The summed E-state index contributed by atoms with van der Waals surface area (Å²) in [7, 11) is 0. The van der Waals surface area contributed by atoms with E-state index in [-0.39, 0.29) is 11.8 Å². The van der Waals surface area contributed by atoms with Crippen molar-refractivity contribution in [2.24, 2.45) is 0 Å². The van der Waals surface area contributed by atoms with Crippen LogP contribution < -0.4 is 4.74 Å². The molecule has 1 heterocycles. The van der Waals surface area contributed by atoms with Crippen LogP contribution >= 0.6 is 0 Å². The lowest BCUT2D eigenvalue weighted by atomic mass is 9.80. The van der Waals surface area contributed by atoms with Gasteiger partial charge in [-0.2, -0.15) is 0 Å². The van der Waals surface area contributed by atoms with Gasteiger partial charge in [0.05, 0.1) is 0 Å². The van der Waals surface area contributed by atoms with E-state index >= 15 is 0 Å². The van der Waals surface area contributed by atoms with E-state index in [9.17, 15) is 8.78 Å². The van der Waals surface area contributed by atoms with Crippen molar-refractivity contribution in [3.8, 4) is 22.9 Å². The number of nitrogens with zero attached hydrogens (tertiary/aromatic N) is 2. The van der Waals surface area contributed by atoms with Crippen LogP contribution in [0.3, 0.4) is 0 Å². The van der Waals surface area contributed by atoms with Crippen molar-refractivity contribution in [3.63, 3.8) is 0 Å². The van der Waals surface area contributed by atoms with Crippen LogP contribution in [-0.4, -0.2) is 9.97 Å². The fourth-order valence-corrected chi connectivity index (χ4v) is 2.86. The highest BCUT2D eigenvalue weighted by Gasteiger charge is 2.19. The van der Waals surface area contributed by atoms with Gasteiger partial charge >= 0.3 is 6.01 Å². The van der Waals surface area contributed by atoms with Crippen LogP contribution in [0.15, 0.2) is 54.9 Å². The van der Waals surface area contributed by atoms with E-state index in [1.54, 1.807) is 12.4 Å². The van der Waals surface area contributed by atoms with Crippen molar-refractivity contribution in [3.05, 3.63) is 72.1 Å². The number of ether oxygens (including phenoxy) is 1. The topological polar surface area (TPSA) is 35.0 Å². The van der Waals surface area contributed by atoms with Gasteiger partial charge in [0.2, 0.25) is 0 Å². The van der Waals surface area contributed by atoms with Crippen LogP contribution in [0.25, 0.3) is 11.1 Å². The van der Waals surface area contributed by atoms with Crippen molar-refractivity contribution in [2.75, 3.05) is 0 Å². The molecule has 5 heteroatoms. The van der Waals surface area contributed by atoms with Gasteiger partial charge in [0, 0.05) is 24.0 Å². The second-order valence-electron chi connectivity index (χ2n) is 6.18. The molecular formula is C20H16F2N2O. The number of benzene rings is 2. The highest BCUT2D eigenvalue weighted by molar-refractivity contribution is 5.62. The fraction of sp³-hybridized carbons (Fsp3) is 0.200. The lowest BCUT2D eigenvalue weighted by Crippen LogP contribution is -2.08. The first kappa shape index (κ1) is 15.7. The maximum absolute atomic E-state index is 13.6. The van der Waals surface area contributed by atoms with Crippen LogP contribution in [0.1, 0.15) is 30.7 Å². The second kappa shape index (κ2) is 6.59. The van der Waals surface area contributed by atoms with Gasteiger partial charge in [0.25, 0.3) is 0 Å². The Morgan fingerprint density at radius 3 is 2.20 bits per heavy atom. The van der Waals surface area contributed by atoms with Gasteiger partial charge in [0.1, 0.15) is 5.82 Å². The summed E-state index contributed by atoms with van der Waals surface area (Å²) >= 11 is 0. The Bertz CT molecular complexity index is 875. The second-order valence-corrected chi connectivity index (χ2v) is 6.18. The summed E-state index contributed by atoms with van der Waals surface area (Å²) in [5, 5.41) is 0.